The molecule has 16 nitrogen and oxygen atoms in total. The highest BCUT2D eigenvalue weighted by Gasteiger charge is 2.17. The van der Waals surface area contributed by atoms with Gasteiger partial charge >= 0.3 is 5.97 Å². The number of unbranched alkanes of at least 4 members (excludes halogenated alkanes) is 1. The smallest absolute Gasteiger partial charge is 0.308 e. The lowest BCUT2D eigenvalue weighted by atomic mass is 10.00. The van der Waals surface area contributed by atoms with E-state index in [9.17, 15) is 13.2 Å². The van der Waals surface area contributed by atoms with Crippen LogP contribution in [-0.4, -0.2) is 173 Å². The first-order valence-electron chi connectivity index (χ1n) is 19.5. The Kier molecular flexibility index (Phi) is 36.3. The third-order valence-corrected chi connectivity index (χ3v) is 8.75. The third kappa shape index (κ3) is 32.9. The molecule has 1 aromatic rings. The van der Waals surface area contributed by atoms with Gasteiger partial charge in [-0.25, -0.2) is 0 Å². The van der Waals surface area contributed by atoms with Crippen LogP contribution in [0.3, 0.4) is 0 Å². The van der Waals surface area contributed by atoms with E-state index in [0.29, 0.717) is 139 Å². The topological polar surface area (TPSA) is 171 Å². The molecule has 0 fully saturated rings. The average molecular weight is 813 g/mol. The van der Waals surface area contributed by atoms with Crippen molar-refractivity contribution in [2.75, 3.05) is 159 Å². The number of hydrogen-bond acceptors (Lipinski definition) is 16. The Bertz CT molecular complexity index is 1070. The van der Waals surface area contributed by atoms with Crippen LogP contribution in [0, 0.1) is 5.92 Å². The predicted molar refractivity (Wildman–Crippen MR) is 203 cm³/mol. The molecule has 0 saturated heterocycles. The van der Waals surface area contributed by atoms with E-state index in [1.54, 1.807) is 18.2 Å². The molecule has 1 unspecified atom stereocenters. The van der Waals surface area contributed by atoms with Gasteiger partial charge in [-0.1, -0.05) is 44.9 Å². The Hall–Kier alpha value is -1.84. The normalized spacial score (nSPS) is 12.3. The van der Waals surface area contributed by atoms with E-state index in [0.717, 1.165) is 25.7 Å². The van der Waals surface area contributed by atoms with Crippen LogP contribution in [0.4, 0.5) is 0 Å². The molecular formula is C38H68O16S. The zero-order chi connectivity index (χ0) is 39.8. The van der Waals surface area contributed by atoms with Crippen molar-refractivity contribution in [1.29, 1.82) is 0 Å². The van der Waals surface area contributed by atoms with Gasteiger partial charge in [-0.05, 0) is 25.0 Å². The predicted octanol–water partition coefficient (Wildman–Crippen LogP) is 3.33. The minimum Gasteiger partial charge on any atom is -0.463 e. The Morgan fingerprint density at radius 2 is 0.782 bits per heavy atom. The van der Waals surface area contributed by atoms with Gasteiger partial charge in [0.2, 0.25) is 0 Å². The highest BCUT2D eigenvalue weighted by Crippen LogP contribution is 2.14. The molecule has 0 radical (unpaired) electrons. The first kappa shape index (κ1) is 51.2. The summed E-state index contributed by atoms with van der Waals surface area (Å²) in [5, 5.41) is 0. The second-order valence-corrected chi connectivity index (χ2v) is 13.4. The van der Waals surface area contributed by atoms with Crippen molar-refractivity contribution >= 4 is 16.1 Å². The van der Waals surface area contributed by atoms with Gasteiger partial charge in [-0.2, -0.15) is 8.42 Å². The molecule has 55 heavy (non-hydrogen) atoms. The van der Waals surface area contributed by atoms with E-state index in [2.05, 4.69) is 6.92 Å². The second kappa shape index (κ2) is 39.0. The molecule has 1 atom stereocenters. The van der Waals surface area contributed by atoms with Crippen molar-refractivity contribution in [3.63, 3.8) is 0 Å². The molecule has 322 valence electrons. The summed E-state index contributed by atoms with van der Waals surface area (Å²) >= 11 is 0. The summed E-state index contributed by atoms with van der Waals surface area (Å²) in [6, 6.07) is 7.97. The van der Waals surface area contributed by atoms with Crippen LogP contribution in [0.15, 0.2) is 35.2 Å². The molecule has 1 aromatic carbocycles. The Balaban J connectivity index is 1.67. The highest BCUT2D eigenvalue weighted by atomic mass is 32.2. The van der Waals surface area contributed by atoms with Gasteiger partial charge in [-0.3, -0.25) is 8.98 Å². The van der Waals surface area contributed by atoms with E-state index in [1.165, 1.54) is 12.1 Å². The van der Waals surface area contributed by atoms with Gasteiger partial charge in [0.25, 0.3) is 10.1 Å². The van der Waals surface area contributed by atoms with Crippen molar-refractivity contribution < 1.29 is 74.2 Å². The molecule has 0 aliphatic carbocycles. The van der Waals surface area contributed by atoms with Crippen molar-refractivity contribution in [1.82, 2.24) is 0 Å². The van der Waals surface area contributed by atoms with Crippen LogP contribution < -0.4 is 0 Å². The van der Waals surface area contributed by atoms with Crippen LogP contribution >= 0.6 is 0 Å². The summed E-state index contributed by atoms with van der Waals surface area (Å²) in [7, 11) is -3.76. The number of carbonyl (C=O) groups excluding carboxylic acids is 1. The maximum Gasteiger partial charge on any atom is 0.308 e. The summed E-state index contributed by atoms with van der Waals surface area (Å²) in [5.74, 6) is -0.139. The van der Waals surface area contributed by atoms with Crippen LogP contribution in [0.2, 0.25) is 0 Å². The molecule has 0 spiro atoms. The molecule has 0 aliphatic rings. The second-order valence-electron chi connectivity index (χ2n) is 11.7. The minimum atomic E-state index is -3.76. The molecule has 0 amide bonds. The Morgan fingerprint density at radius 3 is 1.09 bits per heavy atom. The lowest BCUT2D eigenvalue weighted by molar-refractivity contribution is -0.150. The van der Waals surface area contributed by atoms with Crippen LogP contribution in [0.1, 0.15) is 39.5 Å². The van der Waals surface area contributed by atoms with Gasteiger partial charge < -0.3 is 56.8 Å². The molecule has 0 heterocycles. The molecule has 0 N–H and O–H groups in total. The lowest BCUT2D eigenvalue weighted by Gasteiger charge is -2.13. The third-order valence-electron chi connectivity index (χ3n) is 7.42. The van der Waals surface area contributed by atoms with E-state index >= 15 is 0 Å². The van der Waals surface area contributed by atoms with E-state index in [-0.39, 0.29) is 36.6 Å². The van der Waals surface area contributed by atoms with Crippen LogP contribution in [0.5, 0.6) is 0 Å². The highest BCUT2D eigenvalue weighted by molar-refractivity contribution is 7.86. The van der Waals surface area contributed by atoms with E-state index in [1.807, 2.05) is 6.92 Å². The summed E-state index contributed by atoms with van der Waals surface area (Å²) in [5.41, 5.74) is 0. The van der Waals surface area contributed by atoms with Gasteiger partial charge in [0.1, 0.15) is 6.61 Å². The standard InChI is InChI=1S/C38H68O16S/c1-3-5-9-36(4-2)38(39)53-34-32-51-30-28-49-26-24-47-22-20-45-18-16-43-14-12-42-13-15-44-17-19-46-21-23-48-25-27-50-29-31-52-33-35-54-55(40,41)37-10-7-6-8-11-37/h6-8,10-11,36H,3-5,9,12-35H2,1-2H3. The lowest BCUT2D eigenvalue weighted by Crippen LogP contribution is -2.20. The molecule has 0 aromatic heterocycles. The monoisotopic (exact) mass is 812 g/mol. The van der Waals surface area contributed by atoms with Crippen molar-refractivity contribution in [3.8, 4) is 0 Å². The SMILES string of the molecule is CCCCC(CC)C(=O)OCCOCCOCCOCCOCCOCCOCCOCCOCCOCCOCCOCCOS(=O)(=O)c1ccccc1. The number of benzene rings is 1. The van der Waals surface area contributed by atoms with Crippen molar-refractivity contribution in [2.24, 2.45) is 5.92 Å². The van der Waals surface area contributed by atoms with E-state index in [4.69, 9.17) is 61.0 Å². The Labute approximate surface area is 329 Å². The summed E-state index contributed by atoms with van der Waals surface area (Å²) in [6.07, 6.45) is 3.81. The maximum absolute atomic E-state index is 12.0. The summed E-state index contributed by atoms with van der Waals surface area (Å²) < 4.78 is 94.2. The number of rotatable bonds is 43. The van der Waals surface area contributed by atoms with Crippen molar-refractivity contribution in [3.05, 3.63) is 30.3 Å². The molecule has 1 rings (SSSR count). The molecule has 0 aliphatic heterocycles. The number of esters is 1. The zero-order valence-corrected chi connectivity index (χ0v) is 34.0. The van der Waals surface area contributed by atoms with Gasteiger partial charge in [0.05, 0.1) is 163 Å². The van der Waals surface area contributed by atoms with Crippen LogP contribution in [0.25, 0.3) is 0 Å². The van der Waals surface area contributed by atoms with Gasteiger partial charge in [-0.15, -0.1) is 0 Å². The first-order chi connectivity index (χ1) is 27.0. The fourth-order valence-corrected chi connectivity index (χ4v) is 5.33. The van der Waals surface area contributed by atoms with Crippen LogP contribution in [-0.2, 0) is 75.9 Å². The average Bonchev–Trinajstić information content (AvgIpc) is 3.19. The summed E-state index contributed by atoms with van der Waals surface area (Å²) in [4.78, 5) is 12.1. The molecular weight excluding hydrogens is 744 g/mol. The molecule has 0 bridgehead atoms. The number of hydrogen-bond donors (Lipinski definition) is 0. The van der Waals surface area contributed by atoms with Gasteiger partial charge in [0.15, 0.2) is 0 Å². The zero-order valence-electron chi connectivity index (χ0n) is 33.2. The fourth-order valence-electron chi connectivity index (χ4n) is 4.42. The number of ether oxygens (including phenoxy) is 12. The Morgan fingerprint density at radius 1 is 0.473 bits per heavy atom. The first-order valence-corrected chi connectivity index (χ1v) is 20.9. The largest absolute Gasteiger partial charge is 0.463 e. The quantitative estimate of drug-likeness (QED) is 0.0534. The minimum absolute atomic E-state index is 0.0118. The van der Waals surface area contributed by atoms with Crippen molar-refractivity contribution in [2.45, 2.75) is 44.4 Å². The molecule has 17 heteroatoms. The van der Waals surface area contributed by atoms with Gasteiger partial charge in [0, 0.05) is 0 Å². The number of carbonyl (C=O) groups is 1. The molecule has 0 saturated carbocycles. The summed E-state index contributed by atoms with van der Waals surface area (Å²) in [6.45, 7) is 13.9. The fraction of sp³-hybridized carbons (Fsp3) is 0.816. The maximum atomic E-state index is 12.0. The van der Waals surface area contributed by atoms with E-state index < -0.39 is 10.1 Å².